The second-order valence-electron chi connectivity index (χ2n) is 7.68. The summed E-state index contributed by atoms with van der Waals surface area (Å²) in [5.74, 6) is 0.142. The normalized spacial score (nSPS) is 18.0. The van der Waals surface area contributed by atoms with Gasteiger partial charge in [0.2, 0.25) is 5.91 Å². The molecule has 0 bridgehead atoms. The molecule has 5 nitrogen and oxygen atoms in total. The lowest BCUT2D eigenvalue weighted by Gasteiger charge is -2.31. The predicted molar refractivity (Wildman–Crippen MR) is 105 cm³/mol. The summed E-state index contributed by atoms with van der Waals surface area (Å²) in [5, 5.41) is 5.09. The Morgan fingerprint density at radius 2 is 1.96 bits per heavy atom. The first-order chi connectivity index (χ1) is 13.7. The molecule has 1 saturated heterocycles. The number of hydrogen-bond acceptors (Lipinski definition) is 4. The van der Waals surface area contributed by atoms with E-state index >= 15 is 0 Å². The Balaban J connectivity index is 1.22. The molecule has 3 heterocycles. The highest BCUT2D eigenvalue weighted by molar-refractivity contribution is 5.96. The number of rotatable bonds is 3. The minimum absolute atomic E-state index is 0.172. The van der Waals surface area contributed by atoms with E-state index in [-0.39, 0.29) is 17.6 Å². The maximum Gasteiger partial charge on any atom is 0.241 e. The predicted octanol–water partition coefficient (Wildman–Crippen LogP) is 3.74. The maximum atomic E-state index is 13.4. The second kappa shape index (κ2) is 7.02. The first kappa shape index (κ1) is 17.4. The molecule has 144 valence electrons. The number of aromatic nitrogens is 1. The molecule has 2 aliphatic rings. The number of halogens is 1. The van der Waals surface area contributed by atoms with Gasteiger partial charge >= 0.3 is 0 Å². The van der Waals surface area contributed by atoms with Gasteiger partial charge in [-0.25, -0.2) is 4.39 Å². The molecule has 5 rings (SSSR count). The number of carbonyl (C=O) groups is 1. The Morgan fingerprint density at radius 1 is 1.14 bits per heavy atom. The molecule has 1 aromatic heterocycles. The van der Waals surface area contributed by atoms with Crippen LogP contribution in [-0.2, 0) is 11.2 Å². The molecule has 1 fully saturated rings. The standard InChI is InChI=1S/C22H22FN3O2/c23-17-5-6-18-20(13-17)28-24-22(18)16-7-10-25(11-8-16)14-21(27)26-12-9-15-3-1-2-4-19(15)26/h1-6,13,16H,7-12,14H2. The van der Waals surface area contributed by atoms with E-state index in [4.69, 9.17) is 4.52 Å². The number of fused-ring (bicyclic) bond motifs is 2. The van der Waals surface area contributed by atoms with Crippen molar-refractivity contribution < 1.29 is 13.7 Å². The first-order valence-corrected chi connectivity index (χ1v) is 9.84. The van der Waals surface area contributed by atoms with Crippen LogP contribution < -0.4 is 4.90 Å². The lowest BCUT2D eigenvalue weighted by molar-refractivity contribution is -0.119. The molecule has 28 heavy (non-hydrogen) atoms. The summed E-state index contributed by atoms with van der Waals surface area (Å²) in [6.45, 7) is 2.92. The number of hydrogen-bond donors (Lipinski definition) is 0. The molecule has 0 radical (unpaired) electrons. The third kappa shape index (κ3) is 3.07. The average molecular weight is 379 g/mol. The maximum absolute atomic E-state index is 13.4. The van der Waals surface area contributed by atoms with Gasteiger partial charge in [-0.3, -0.25) is 9.69 Å². The van der Waals surface area contributed by atoms with E-state index in [1.807, 2.05) is 23.1 Å². The van der Waals surface area contributed by atoms with E-state index in [1.54, 1.807) is 6.07 Å². The van der Waals surface area contributed by atoms with Crippen LogP contribution >= 0.6 is 0 Å². The number of likely N-dealkylation sites (tertiary alicyclic amines) is 1. The Hall–Kier alpha value is -2.73. The molecule has 1 amide bonds. The molecule has 2 aromatic carbocycles. The molecule has 0 atom stereocenters. The van der Waals surface area contributed by atoms with Gasteiger partial charge in [-0.05, 0) is 56.1 Å². The average Bonchev–Trinajstić information content (AvgIpc) is 3.32. The van der Waals surface area contributed by atoms with Crippen molar-refractivity contribution in [3.05, 3.63) is 59.5 Å². The number of carbonyl (C=O) groups excluding carboxylic acids is 1. The van der Waals surface area contributed by atoms with Crippen molar-refractivity contribution in [2.75, 3.05) is 31.1 Å². The van der Waals surface area contributed by atoms with E-state index in [9.17, 15) is 9.18 Å². The van der Waals surface area contributed by atoms with Crippen LogP contribution in [0.1, 0.15) is 30.0 Å². The molecule has 0 saturated carbocycles. The molecule has 3 aromatic rings. The second-order valence-corrected chi connectivity index (χ2v) is 7.68. The van der Waals surface area contributed by atoms with Crippen LogP contribution in [0.25, 0.3) is 11.0 Å². The van der Waals surface area contributed by atoms with Gasteiger partial charge in [0, 0.05) is 29.6 Å². The Labute approximate surface area is 162 Å². The van der Waals surface area contributed by atoms with Crippen LogP contribution in [-0.4, -0.2) is 42.1 Å². The molecule has 0 spiro atoms. The molecule has 0 aliphatic carbocycles. The number of benzene rings is 2. The van der Waals surface area contributed by atoms with Crippen molar-refractivity contribution >= 4 is 22.6 Å². The van der Waals surface area contributed by atoms with Crippen molar-refractivity contribution in [1.82, 2.24) is 10.1 Å². The van der Waals surface area contributed by atoms with Crippen molar-refractivity contribution in [2.45, 2.75) is 25.2 Å². The summed E-state index contributed by atoms with van der Waals surface area (Å²) < 4.78 is 18.7. The fourth-order valence-electron chi connectivity index (χ4n) is 4.46. The highest BCUT2D eigenvalue weighted by atomic mass is 19.1. The summed E-state index contributed by atoms with van der Waals surface area (Å²) in [6.07, 6.45) is 2.77. The Morgan fingerprint density at radius 3 is 2.82 bits per heavy atom. The number of amides is 1. The zero-order chi connectivity index (χ0) is 19.1. The largest absolute Gasteiger partial charge is 0.356 e. The summed E-state index contributed by atoms with van der Waals surface area (Å²) in [7, 11) is 0. The van der Waals surface area contributed by atoms with Crippen molar-refractivity contribution in [3.8, 4) is 0 Å². The van der Waals surface area contributed by atoms with E-state index in [1.165, 1.54) is 17.7 Å². The van der Waals surface area contributed by atoms with E-state index in [0.29, 0.717) is 12.1 Å². The third-order valence-corrected chi connectivity index (χ3v) is 5.98. The number of nitrogens with zero attached hydrogens (tertiary/aromatic N) is 3. The van der Waals surface area contributed by atoms with Crippen LogP contribution in [0.5, 0.6) is 0 Å². The van der Waals surface area contributed by atoms with Gasteiger partial charge in [0.25, 0.3) is 0 Å². The molecular weight excluding hydrogens is 357 g/mol. The number of anilines is 1. The lowest BCUT2D eigenvalue weighted by Crippen LogP contribution is -2.42. The zero-order valence-electron chi connectivity index (χ0n) is 15.6. The number of para-hydroxylation sites is 1. The van der Waals surface area contributed by atoms with Crippen LogP contribution in [0.3, 0.4) is 0 Å². The van der Waals surface area contributed by atoms with Gasteiger partial charge in [0.05, 0.1) is 12.2 Å². The van der Waals surface area contributed by atoms with E-state index in [2.05, 4.69) is 16.1 Å². The van der Waals surface area contributed by atoms with Crippen molar-refractivity contribution in [3.63, 3.8) is 0 Å². The minimum Gasteiger partial charge on any atom is -0.356 e. The zero-order valence-corrected chi connectivity index (χ0v) is 15.6. The van der Waals surface area contributed by atoms with Gasteiger partial charge in [0.1, 0.15) is 5.82 Å². The fourth-order valence-corrected chi connectivity index (χ4v) is 4.46. The van der Waals surface area contributed by atoms with E-state index in [0.717, 1.165) is 55.7 Å². The van der Waals surface area contributed by atoms with Gasteiger partial charge < -0.3 is 9.42 Å². The lowest BCUT2D eigenvalue weighted by atomic mass is 9.91. The topological polar surface area (TPSA) is 49.6 Å². The van der Waals surface area contributed by atoms with Crippen LogP contribution in [0.2, 0.25) is 0 Å². The summed E-state index contributed by atoms with van der Waals surface area (Å²) in [6, 6.07) is 12.7. The first-order valence-electron chi connectivity index (χ1n) is 9.84. The van der Waals surface area contributed by atoms with Crippen molar-refractivity contribution in [2.24, 2.45) is 0 Å². The fraction of sp³-hybridized carbons (Fsp3) is 0.364. The smallest absolute Gasteiger partial charge is 0.241 e. The van der Waals surface area contributed by atoms with Crippen LogP contribution in [0, 0.1) is 5.82 Å². The van der Waals surface area contributed by atoms with Crippen LogP contribution in [0.15, 0.2) is 47.0 Å². The summed E-state index contributed by atoms with van der Waals surface area (Å²) >= 11 is 0. The Kier molecular flexibility index (Phi) is 4.36. The monoisotopic (exact) mass is 379 g/mol. The summed E-state index contributed by atoms with van der Waals surface area (Å²) in [5.41, 5.74) is 3.72. The van der Waals surface area contributed by atoms with E-state index < -0.39 is 0 Å². The van der Waals surface area contributed by atoms with Crippen LogP contribution in [0.4, 0.5) is 10.1 Å². The van der Waals surface area contributed by atoms with Gasteiger partial charge in [-0.1, -0.05) is 23.4 Å². The van der Waals surface area contributed by atoms with Crippen molar-refractivity contribution in [1.29, 1.82) is 0 Å². The molecule has 0 N–H and O–H groups in total. The highest BCUT2D eigenvalue weighted by Gasteiger charge is 2.29. The van der Waals surface area contributed by atoms with Gasteiger partial charge in [0.15, 0.2) is 5.58 Å². The quantitative estimate of drug-likeness (QED) is 0.696. The van der Waals surface area contributed by atoms with Gasteiger partial charge in [-0.2, -0.15) is 0 Å². The third-order valence-electron chi connectivity index (χ3n) is 5.98. The minimum atomic E-state index is -0.313. The van der Waals surface area contributed by atoms with Gasteiger partial charge in [-0.15, -0.1) is 0 Å². The molecule has 6 heteroatoms. The SMILES string of the molecule is O=C(CN1CCC(c2noc3cc(F)ccc23)CC1)N1CCc2ccccc21. The molecule has 2 aliphatic heterocycles. The molecule has 0 unspecified atom stereocenters. The highest BCUT2D eigenvalue weighted by Crippen LogP contribution is 2.33. The number of piperidine rings is 1. The molecular formula is C22H22FN3O2. The Bertz CT molecular complexity index is 1020. The summed E-state index contributed by atoms with van der Waals surface area (Å²) in [4.78, 5) is 17.0.